The highest BCUT2D eigenvalue weighted by atomic mass is 32.2. The van der Waals surface area contributed by atoms with Gasteiger partial charge < -0.3 is 0 Å². The van der Waals surface area contributed by atoms with Crippen LogP contribution < -0.4 is 0 Å². The van der Waals surface area contributed by atoms with Crippen LogP contribution in [0.1, 0.15) is 0 Å². The Morgan fingerprint density at radius 1 is 1.29 bits per heavy atom. The number of carbonyl (C=O) groups excluding carboxylic acids is 2. The highest BCUT2D eigenvalue weighted by molar-refractivity contribution is 7.73. The van der Waals surface area contributed by atoms with Gasteiger partial charge >= 0.3 is 6.15 Å². The minimum absolute atomic E-state index is 0.250. The Morgan fingerprint density at radius 3 is 1.29 bits per heavy atom. The van der Waals surface area contributed by atoms with Crippen molar-refractivity contribution in [1.82, 2.24) is 0 Å². The average Bonchev–Trinajstić information content (AvgIpc) is 1.33. The van der Waals surface area contributed by atoms with Crippen LogP contribution in [0.4, 0.5) is 0 Å². The maximum atomic E-state index is 8.67. The van der Waals surface area contributed by atoms with Gasteiger partial charge in [-0.2, -0.15) is 13.8 Å². The molecule has 6 heteroatoms. The molecule has 2 N–H and O–H groups in total. The van der Waals surface area contributed by atoms with Gasteiger partial charge in [-0.05, 0) is 0 Å². The van der Waals surface area contributed by atoms with Crippen molar-refractivity contribution in [2.45, 2.75) is 0 Å². The van der Waals surface area contributed by atoms with Crippen molar-refractivity contribution in [3.05, 3.63) is 0 Å². The van der Waals surface area contributed by atoms with Crippen molar-refractivity contribution in [2.75, 3.05) is 0 Å². The van der Waals surface area contributed by atoms with Crippen molar-refractivity contribution in [3.8, 4) is 0 Å². The van der Waals surface area contributed by atoms with Gasteiger partial charge in [0.1, 0.15) is 0 Å². The molecule has 0 rings (SSSR count). The molecule has 0 atom stereocenters. The third-order valence-corrected chi connectivity index (χ3v) is 0. The van der Waals surface area contributed by atoms with Crippen LogP contribution in [0, 0.1) is 0 Å². The van der Waals surface area contributed by atoms with E-state index < -0.39 is 11.4 Å². The molecule has 0 heterocycles. The molecule has 0 saturated heterocycles. The summed E-state index contributed by atoms with van der Waals surface area (Å²) in [6.45, 7) is 0. The van der Waals surface area contributed by atoms with Gasteiger partial charge in [-0.1, -0.05) is 0 Å². The van der Waals surface area contributed by atoms with Gasteiger partial charge in [0.25, 0.3) is 11.4 Å². The fourth-order valence-electron chi connectivity index (χ4n) is 0. The van der Waals surface area contributed by atoms with Gasteiger partial charge in [-0.25, -0.2) is 0 Å². The summed E-state index contributed by atoms with van der Waals surface area (Å²) in [4.78, 5) is 16.2. The Bertz CT molecular complexity index is 76.1. The molecule has 0 aliphatic heterocycles. The average molecular weight is 126 g/mol. The van der Waals surface area contributed by atoms with Crippen LogP contribution in [0.2, 0.25) is 0 Å². The van der Waals surface area contributed by atoms with Gasteiger partial charge in [-0.3, -0.25) is 9.11 Å². The van der Waals surface area contributed by atoms with E-state index in [2.05, 4.69) is 0 Å². The van der Waals surface area contributed by atoms with Gasteiger partial charge in [-0.15, -0.1) is 0 Å². The summed E-state index contributed by atoms with van der Waals surface area (Å²) < 4.78 is 22.8. The molecule has 0 saturated carbocycles. The van der Waals surface area contributed by atoms with E-state index in [0.29, 0.717) is 0 Å². The Balaban J connectivity index is 0. The minimum atomic E-state index is -2.61. The monoisotopic (exact) mass is 126 g/mol. The smallest absolute Gasteiger partial charge is 0.284 e. The lowest BCUT2D eigenvalue weighted by atomic mass is 11.8. The molecule has 0 aromatic carbocycles. The van der Waals surface area contributed by atoms with Crippen LogP contribution in [0.25, 0.3) is 0 Å². The fourth-order valence-corrected chi connectivity index (χ4v) is 0. The van der Waals surface area contributed by atoms with E-state index in [4.69, 9.17) is 22.9 Å². The molecule has 0 aliphatic rings. The van der Waals surface area contributed by atoms with Gasteiger partial charge in [0.2, 0.25) is 0 Å². The maximum absolute atomic E-state index is 8.67. The summed E-state index contributed by atoms with van der Waals surface area (Å²) in [6, 6.07) is 0. The van der Waals surface area contributed by atoms with Crippen molar-refractivity contribution >= 4 is 17.5 Å². The van der Waals surface area contributed by atoms with E-state index in [9.17, 15) is 0 Å². The second-order valence-electron chi connectivity index (χ2n) is 0.314. The zero-order valence-electron chi connectivity index (χ0n) is 3.03. The van der Waals surface area contributed by atoms with Crippen LogP contribution in [-0.2, 0) is 21.0 Å². The van der Waals surface area contributed by atoms with E-state index in [1.807, 2.05) is 0 Å². The highest BCUT2D eigenvalue weighted by Gasteiger charge is 1.62. The molecule has 0 amide bonds. The van der Waals surface area contributed by atoms with Crippen molar-refractivity contribution < 1.29 is 22.9 Å². The van der Waals surface area contributed by atoms with Crippen molar-refractivity contribution in [3.63, 3.8) is 0 Å². The summed E-state index contributed by atoms with van der Waals surface area (Å²) in [5.74, 6) is 0. The van der Waals surface area contributed by atoms with Crippen LogP contribution in [0.5, 0.6) is 0 Å². The largest absolute Gasteiger partial charge is 0.373 e. The van der Waals surface area contributed by atoms with E-state index >= 15 is 0 Å². The van der Waals surface area contributed by atoms with E-state index in [1.165, 1.54) is 0 Å². The molecule has 0 radical (unpaired) electrons. The summed E-state index contributed by atoms with van der Waals surface area (Å²) in [7, 11) is 0. The molecule has 0 aliphatic carbocycles. The first-order chi connectivity index (χ1) is 3.15. The van der Waals surface area contributed by atoms with E-state index in [1.54, 1.807) is 0 Å². The molecule has 0 unspecified atom stereocenters. The second kappa shape index (κ2) is 9.07. The van der Waals surface area contributed by atoms with Crippen LogP contribution >= 0.6 is 0 Å². The molecular weight excluding hydrogens is 124 g/mol. The van der Waals surface area contributed by atoms with E-state index in [0.717, 1.165) is 0 Å². The first kappa shape index (κ1) is 9.67. The zero-order chi connectivity index (χ0) is 6.28. The van der Waals surface area contributed by atoms with E-state index in [-0.39, 0.29) is 6.15 Å². The Hall–Kier alpha value is -0.550. The minimum Gasteiger partial charge on any atom is -0.284 e. The molecule has 5 nitrogen and oxygen atoms in total. The van der Waals surface area contributed by atoms with Crippen LogP contribution in [0.3, 0.4) is 0 Å². The van der Waals surface area contributed by atoms with Crippen molar-refractivity contribution in [1.29, 1.82) is 0 Å². The molecule has 7 heavy (non-hydrogen) atoms. The first-order valence-corrected chi connectivity index (χ1v) is 2.00. The zero-order valence-corrected chi connectivity index (χ0v) is 3.84. The lowest BCUT2D eigenvalue weighted by Crippen LogP contribution is -1.74. The third-order valence-electron chi connectivity index (χ3n) is 0. The summed E-state index contributed by atoms with van der Waals surface area (Å²) in [6.07, 6.45) is 0.250. The Labute approximate surface area is 41.4 Å². The SMILES string of the molecule is O=C=O.O=S(O)O. The molecule has 0 aromatic rings. The number of rotatable bonds is 0. The quantitative estimate of drug-likeness (QED) is 0.410. The van der Waals surface area contributed by atoms with Gasteiger partial charge in [0, 0.05) is 0 Å². The van der Waals surface area contributed by atoms with Crippen molar-refractivity contribution in [2.24, 2.45) is 0 Å². The molecule has 0 bridgehead atoms. The van der Waals surface area contributed by atoms with Gasteiger partial charge in [0.15, 0.2) is 0 Å². The number of hydrogen-bond donors (Lipinski definition) is 2. The van der Waals surface area contributed by atoms with Crippen LogP contribution in [0.15, 0.2) is 0 Å². The predicted octanol–water partition coefficient (Wildman–Crippen LogP) is -0.902. The Kier molecular flexibility index (Phi) is 12.5. The Morgan fingerprint density at radius 2 is 1.29 bits per heavy atom. The maximum Gasteiger partial charge on any atom is 0.373 e. The molecular formula is CH2O5S. The normalized spacial score (nSPS) is 6.14. The fraction of sp³-hybridized carbons (Fsp3) is 0. The van der Waals surface area contributed by atoms with Gasteiger partial charge in [0.05, 0.1) is 0 Å². The first-order valence-electron chi connectivity index (χ1n) is 0.940. The summed E-state index contributed by atoms with van der Waals surface area (Å²) in [5, 5.41) is 0. The summed E-state index contributed by atoms with van der Waals surface area (Å²) >= 11 is -2.61. The molecule has 0 aromatic heterocycles. The lowest BCUT2D eigenvalue weighted by molar-refractivity contribution is -0.191. The topological polar surface area (TPSA) is 91.7 Å². The third kappa shape index (κ3) is 214. The molecule has 0 spiro atoms. The molecule has 42 valence electrons. The van der Waals surface area contributed by atoms with Crippen LogP contribution in [-0.4, -0.2) is 19.5 Å². The standard InChI is InChI=1S/CO2.H2O3S/c2-1-3;1-4(2)3/h;(H2,1,2,3). The number of hydrogen-bond acceptors (Lipinski definition) is 3. The lowest BCUT2D eigenvalue weighted by Gasteiger charge is -1.59. The second-order valence-corrected chi connectivity index (χ2v) is 0.775. The summed E-state index contributed by atoms with van der Waals surface area (Å²) in [5.41, 5.74) is 0. The highest BCUT2D eigenvalue weighted by Crippen LogP contribution is 1.44. The predicted molar refractivity (Wildman–Crippen MR) is 18.4 cm³/mol. The molecule has 0 fully saturated rings.